The van der Waals surface area contributed by atoms with Crippen molar-refractivity contribution in [2.45, 2.75) is 38.1 Å². The van der Waals surface area contributed by atoms with E-state index in [9.17, 15) is 0 Å². The average molecular weight is 337 g/mol. The van der Waals surface area contributed by atoms with Crippen molar-refractivity contribution in [3.63, 3.8) is 0 Å². The number of aromatic nitrogens is 2. The average Bonchev–Trinajstić information content (AvgIpc) is 2.53. The van der Waals surface area contributed by atoms with Crippen molar-refractivity contribution in [1.82, 2.24) is 9.97 Å². The van der Waals surface area contributed by atoms with Crippen LogP contribution < -0.4 is 10.6 Å². The number of nitrogens with one attached hydrogen (secondary N) is 2. The monoisotopic (exact) mass is 336 g/mol. The Morgan fingerprint density at radius 2 is 1.73 bits per heavy atom. The number of rotatable bonds is 4. The molecule has 4 nitrogen and oxygen atoms in total. The van der Waals surface area contributed by atoms with Crippen LogP contribution in [0, 0.1) is 0 Å². The Bertz CT molecular complexity index is 622. The molecule has 6 heteroatoms. The van der Waals surface area contributed by atoms with Crippen molar-refractivity contribution in [3.8, 4) is 0 Å². The van der Waals surface area contributed by atoms with Crippen LogP contribution in [0.1, 0.15) is 32.1 Å². The Balaban J connectivity index is 1.73. The largest absolute Gasteiger partial charge is 0.351 e. The molecule has 22 heavy (non-hydrogen) atoms. The minimum atomic E-state index is 0.466. The third-order valence-electron chi connectivity index (χ3n) is 3.81. The topological polar surface area (TPSA) is 49.8 Å². The molecule has 0 aliphatic heterocycles. The van der Waals surface area contributed by atoms with Gasteiger partial charge < -0.3 is 10.6 Å². The van der Waals surface area contributed by atoms with Gasteiger partial charge in [-0.05, 0) is 31.0 Å². The molecule has 0 bridgehead atoms. The predicted molar refractivity (Wildman–Crippen MR) is 92.3 cm³/mol. The summed E-state index contributed by atoms with van der Waals surface area (Å²) in [6.45, 7) is 0. The van der Waals surface area contributed by atoms with Gasteiger partial charge >= 0.3 is 0 Å². The van der Waals surface area contributed by atoms with Crippen LogP contribution in [0.15, 0.2) is 30.5 Å². The van der Waals surface area contributed by atoms with Crippen LogP contribution in [0.5, 0.6) is 0 Å². The second-order valence-electron chi connectivity index (χ2n) is 5.47. The Morgan fingerprint density at radius 1 is 1.00 bits per heavy atom. The Labute approximate surface area is 140 Å². The molecule has 0 spiro atoms. The Hall–Kier alpha value is -1.52. The molecule has 1 aliphatic rings. The minimum absolute atomic E-state index is 0.466. The standard InChI is InChI=1S/C16H18Cl2N4/c17-12-7-4-8-13(18)15(12)21-14-9-10-19-16(22-14)20-11-5-2-1-3-6-11/h4,7-11H,1-3,5-6H2,(H2,19,20,21,22). The smallest absolute Gasteiger partial charge is 0.224 e. The van der Waals surface area contributed by atoms with Gasteiger partial charge in [0.25, 0.3) is 0 Å². The fraction of sp³-hybridized carbons (Fsp3) is 0.375. The molecule has 2 N–H and O–H groups in total. The zero-order valence-electron chi connectivity index (χ0n) is 12.1. The number of hydrogen-bond acceptors (Lipinski definition) is 4. The molecule has 1 saturated carbocycles. The number of para-hydroxylation sites is 1. The van der Waals surface area contributed by atoms with Gasteiger partial charge in [-0.15, -0.1) is 0 Å². The highest BCUT2D eigenvalue weighted by molar-refractivity contribution is 6.39. The van der Waals surface area contributed by atoms with E-state index >= 15 is 0 Å². The molecule has 1 fully saturated rings. The summed E-state index contributed by atoms with van der Waals surface area (Å²) in [5.41, 5.74) is 0.660. The molecule has 0 radical (unpaired) electrons. The fourth-order valence-electron chi connectivity index (χ4n) is 2.67. The molecule has 0 amide bonds. The summed E-state index contributed by atoms with van der Waals surface area (Å²) in [6, 6.07) is 7.65. The molecule has 1 aliphatic carbocycles. The molecule has 1 aromatic carbocycles. The van der Waals surface area contributed by atoms with Crippen LogP contribution in [0.2, 0.25) is 10.0 Å². The Kier molecular flexibility index (Phi) is 5.01. The number of anilines is 3. The van der Waals surface area contributed by atoms with E-state index in [4.69, 9.17) is 23.2 Å². The lowest BCUT2D eigenvalue weighted by atomic mass is 9.96. The third-order valence-corrected chi connectivity index (χ3v) is 4.44. The summed E-state index contributed by atoms with van der Waals surface area (Å²) in [5.74, 6) is 1.31. The molecule has 1 heterocycles. The summed E-state index contributed by atoms with van der Waals surface area (Å²) >= 11 is 12.3. The van der Waals surface area contributed by atoms with Crippen molar-refractivity contribution < 1.29 is 0 Å². The molecule has 116 valence electrons. The number of nitrogens with zero attached hydrogens (tertiary/aromatic N) is 2. The first-order valence-electron chi connectivity index (χ1n) is 7.53. The first kappa shape index (κ1) is 15.4. The van der Waals surface area contributed by atoms with Crippen LogP contribution >= 0.6 is 23.2 Å². The van der Waals surface area contributed by atoms with Crippen molar-refractivity contribution in [2.24, 2.45) is 0 Å². The zero-order valence-corrected chi connectivity index (χ0v) is 13.7. The van der Waals surface area contributed by atoms with Crippen LogP contribution in [-0.4, -0.2) is 16.0 Å². The normalized spacial score (nSPS) is 15.5. The fourth-order valence-corrected chi connectivity index (χ4v) is 3.16. The van der Waals surface area contributed by atoms with E-state index in [2.05, 4.69) is 20.6 Å². The number of halogens is 2. The maximum absolute atomic E-state index is 6.17. The maximum Gasteiger partial charge on any atom is 0.224 e. The van der Waals surface area contributed by atoms with E-state index in [1.165, 1.54) is 32.1 Å². The quantitative estimate of drug-likeness (QED) is 0.798. The van der Waals surface area contributed by atoms with Gasteiger partial charge in [0.1, 0.15) is 5.82 Å². The van der Waals surface area contributed by atoms with Crippen molar-refractivity contribution in [1.29, 1.82) is 0 Å². The van der Waals surface area contributed by atoms with Crippen molar-refractivity contribution >= 4 is 40.7 Å². The van der Waals surface area contributed by atoms with E-state index < -0.39 is 0 Å². The van der Waals surface area contributed by atoms with Gasteiger partial charge in [-0.1, -0.05) is 48.5 Å². The highest BCUT2D eigenvalue weighted by Gasteiger charge is 2.14. The summed E-state index contributed by atoms with van der Waals surface area (Å²) in [7, 11) is 0. The summed E-state index contributed by atoms with van der Waals surface area (Å²) < 4.78 is 0. The number of hydrogen-bond donors (Lipinski definition) is 2. The van der Waals surface area contributed by atoms with Gasteiger partial charge in [0.2, 0.25) is 5.95 Å². The molecule has 3 rings (SSSR count). The minimum Gasteiger partial charge on any atom is -0.351 e. The highest BCUT2D eigenvalue weighted by atomic mass is 35.5. The van der Waals surface area contributed by atoms with Crippen LogP contribution in [0.25, 0.3) is 0 Å². The van der Waals surface area contributed by atoms with Gasteiger partial charge in [-0.2, -0.15) is 4.98 Å². The summed E-state index contributed by atoms with van der Waals surface area (Å²) in [4.78, 5) is 8.79. The maximum atomic E-state index is 6.17. The van der Waals surface area contributed by atoms with Crippen molar-refractivity contribution in [3.05, 3.63) is 40.5 Å². The third kappa shape index (κ3) is 3.81. The Morgan fingerprint density at radius 3 is 2.45 bits per heavy atom. The lowest BCUT2D eigenvalue weighted by Gasteiger charge is -2.22. The zero-order chi connectivity index (χ0) is 15.4. The predicted octanol–water partition coefficient (Wildman–Crippen LogP) is 5.27. The first-order chi connectivity index (χ1) is 10.7. The molecule has 2 aromatic rings. The van der Waals surface area contributed by atoms with E-state index in [1.807, 2.05) is 6.07 Å². The molecule has 1 aromatic heterocycles. The van der Waals surface area contributed by atoms with Gasteiger partial charge in [0.05, 0.1) is 15.7 Å². The SMILES string of the molecule is Clc1cccc(Cl)c1Nc1ccnc(NC2CCCCC2)n1. The number of benzene rings is 1. The second-order valence-corrected chi connectivity index (χ2v) is 6.28. The summed E-state index contributed by atoms with van der Waals surface area (Å²) in [6.07, 6.45) is 7.95. The van der Waals surface area contributed by atoms with Gasteiger partial charge in [0, 0.05) is 12.2 Å². The van der Waals surface area contributed by atoms with Gasteiger partial charge in [-0.3, -0.25) is 0 Å². The lowest BCUT2D eigenvalue weighted by molar-refractivity contribution is 0.461. The molecule has 0 atom stereocenters. The van der Waals surface area contributed by atoms with E-state index in [0.717, 1.165) is 0 Å². The van der Waals surface area contributed by atoms with E-state index in [-0.39, 0.29) is 0 Å². The highest BCUT2D eigenvalue weighted by Crippen LogP contribution is 2.32. The van der Waals surface area contributed by atoms with E-state index in [0.29, 0.717) is 33.5 Å². The van der Waals surface area contributed by atoms with E-state index in [1.54, 1.807) is 24.4 Å². The lowest BCUT2D eigenvalue weighted by Crippen LogP contribution is -2.23. The molecular formula is C16H18Cl2N4. The second kappa shape index (κ2) is 7.16. The molecule has 0 unspecified atom stereocenters. The van der Waals surface area contributed by atoms with Crippen LogP contribution in [-0.2, 0) is 0 Å². The van der Waals surface area contributed by atoms with Crippen molar-refractivity contribution in [2.75, 3.05) is 10.6 Å². The van der Waals surface area contributed by atoms with Crippen LogP contribution in [0.4, 0.5) is 17.5 Å². The van der Waals surface area contributed by atoms with Crippen LogP contribution in [0.3, 0.4) is 0 Å². The van der Waals surface area contributed by atoms with Gasteiger partial charge in [-0.25, -0.2) is 4.98 Å². The first-order valence-corrected chi connectivity index (χ1v) is 8.28. The van der Waals surface area contributed by atoms with Gasteiger partial charge in [0.15, 0.2) is 0 Å². The molecule has 0 saturated heterocycles. The summed E-state index contributed by atoms with van der Waals surface area (Å²) in [5, 5.41) is 7.70. The molecular weight excluding hydrogens is 319 g/mol.